The molecule has 1 heterocycles. The molecule has 0 aliphatic carbocycles. The van der Waals surface area contributed by atoms with E-state index in [4.69, 9.17) is 10.5 Å². The number of carbonyl (C=O) groups excluding carboxylic acids is 1. The van der Waals surface area contributed by atoms with Gasteiger partial charge in [0.2, 0.25) is 0 Å². The van der Waals surface area contributed by atoms with Gasteiger partial charge in [0.05, 0.1) is 5.56 Å². The number of carbonyl (C=O) groups is 1. The SMILES string of the molecule is Cc1cccc(Oc2ccc(CNC(=O)c3ccc(C)nc3N)cc2)c1. The molecule has 3 rings (SSSR count). The quantitative estimate of drug-likeness (QED) is 0.731. The number of benzene rings is 2. The van der Waals surface area contributed by atoms with E-state index in [1.807, 2.05) is 62.4 Å². The van der Waals surface area contributed by atoms with Crippen molar-refractivity contribution in [1.82, 2.24) is 10.3 Å². The van der Waals surface area contributed by atoms with Crippen molar-refractivity contribution in [3.05, 3.63) is 83.0 Å². The number of pyridine rings is 1. The highest BCUT2D eigenvalue weighted by molar-refractivity contribution is 5.98. The number of aryl methyl sites for hydroxylation is 2. The molecule has 1 amide bonds. The van der Waals surface area contributed by atoms with Gasteiger partial charge < -0.3 is 15.8 Å². The van der Waals surface area contributed by atoms with Gasteiger partial charge in [-0.2, -0.15) is 0 Å². The normalized spacial score (nSPS) is 10.4. The van der Waals surface area contributed by atoms with Gasteiger partial charge in [-0.05, 0) is 61.4 Å². The summed E-state index contributed by atoms with van der Waals surface area (Å²) in [6, 6.07) is 18.9. The molecule has 0 saturated carbocycles. The number of hydrogen-bond donors (Lipinski definition) is 2. The second-order valence-corrected chi connectivity index (χ2v) is 6.13. The molecule has 3 N–H and O–H groups in total. The maximum absolute atomic E-state index is 12.2. The summed E-state index contributed by atoms with van der Waals surface area (Å²) in [6.07, 6.45) is 0. The number of rotatable bonds is 5. The summed E-state index contributed by atoms with van der Waals surface area (Å²) in [7, 11) is 0. The summed E-state index contributed by atoms with van der Waals surface area (Å²) < 4.78 is 5.82. The molecular formula is C21H21N3O2. The Hall–Kier alpha value is -3.34. The lowest BCUT2D eigenvalue weighted by Gasteiger charge is -2.09. The second kappa shape index (κ2) is 7.70. The van der Waals surface area contributed by atoms with Crippen LogP contribution in [0.25, 0.3) is 0 Å². The Kier molecular flexibility index (Phi) is 5.17. The van der Waals surface area contributed by atoms with E-state index in [-0.39, 0.29) is 11.7 Å². The highest BCUT2D eigenvalue weighted by Gasteiger charge is 2.10. The van der Waals surface area contributed by atoms with E-state index in [2.05, 4.69) is 10.3 Å². The van der Waals surface area contributed by atoms with E-state index in [9.17, 15) is 4.79 Å². The minimum absolute atomic E-state index is 0.240. The number of nitrogens with one attached hydrogen (secondary N) is 1. The average molecular weight is 347 g/mol. The smallest absolute Gasteiger partial charge is 0.255 e. The van der Waals surface area contributed by atoms with Crippen LogP contribution in [0.2, 0.25) is 0 Å². The minimum Gasteiger partial charge on any atom is -0.457 e. The van der Waals surface area contributed by atoms with Crippen LogP contribution in [0.4, 0.5) is 5.82 Å². The van der Waals surface area contributed by atoms with Crippen molar-refractivity contribution >= 4 is 11.7 Å². The van der Waals surface area contributed by atoms with E-state index in [0.717, 1.165) is 28.3 Å². The fourth-order valence-corrected chi connectivity index (χ4v) is 2.54. The molecule has 0 bridgehead atoms. The summed E-state index contributed by atoms with van der Waals surface area (Å²) in [5.74, 6) is 1.55. The van der Waals surface area contributed by atoms with E-state index in [0.29, 0.717) is 12.1 Å². The van der Waals surface area contributed by atoms with E-state index >= 15 is 0 Å². The van der Waals surface area contributed by atoms with Gasteiger partial charge in [0.1, 0.15) is 17.3 Å². The maximum Gasteiger partial charge on any atom is 0.255 e. The molecule has 132 valence electrons. The van der Waals surface area contributed by atoms with Gasteiger partial charge in [0.15, 0.2) is 0 Å². The Labute approximate surface area is 152 Å². The Balaban J connectivity index is 1.60. The maximum atomic E-state index is 12.2. The zero-order chi connectivity index (χ0) is 18.5. The molecule has 0 fully saturated rings. The van der Waals surface area contributed by atoms with Crippen LogP contribution in [0.15, 0.2) is 60.7 Å². The highest BCUT2D eigenvalue weighted by atomic mass is 16.5. The third-order valence-corrected chi connectivity index (χ3v) is 3.91. The monoisotopic (exact) mass is 347 g/mol. The zero-order valence-electron chi connectivity index (χ0n) is 14.8. The summed E-state index contributed by atoms with van der Waals surface area (Å²) in [5, 5.41) is 2.85. The summed E-state index contributed by atoms with van der Waals surface area (Å²) in [6.45, 7) is 4.25. The van der Waals surface area contributed by atoms with E-state index in [1.54, 1.807) is 12.1 Å². The van der Waals surface area contributed by atoms with Gasteiger partial charge in [0.25, 0.3) is 5.91 Å². The molecule has 0 spiro atoms. The van der Waals surface area contributed by atoms with Gasteiger partial charge in [-0.15, -0.1) is 0 Å². The molecule has 1 aromatic heterocycles. The summed E-state index contributed by atoms with van der Waals surface area (Å²) >= 11 is 0. The molecule has 2 aromatic carbocycles. The first kappa shape index (κ1) is 17.5. The predicted octanol–water partition coefficient (Wildman–Crippen LogP) is 4.00. The number of anilines is 1. The molecule has 0 aliphatic rings. The molecule has 26 heavy (non-hydrogen) atoms. The Morgan fingerprint density at radius 3 is 2.50 bits per heavy atom. The Morgan fingerprint density at radius 2 is 1.81 bits per heavy atom. The largest absolute Gasteiger partial charge is 0.457 e. The van der Waals surface area contributed by atoms with Crippen molar-refractivity contribution in [1.29, 1.82) is 0 Å². The lowest BCUT2D eigenvalue weighted by molar-refractivity contribution is 0.0951. The lowest BCUT2D eigenvalue weighted by Crippen LogP contribution is -2.24. The molecule has 0 unspecified atom stereocenters. The van der Waals surface area contributed by atoms with Crippen molar-refractivity contribution in [2.45, 2.75) is 20.4 Å². The first-order valence-electron chi connectivity index (χ1n) is 8.36. The van der Waals surface area contributed by atoms with Crippen LogP contribution in [-0.2, 0) is 6.54 Å². The Morgan fingerprint density at radius 1 is 1.04 bits per heavy atom. The van der Waals surface area contributed by atoms with Gasteiger partial charge in [-0.1, -0.05) is 24.3 Å². The standard InChI is InChI=1S/C21H21N3O2/c1-14-4-3-5-18(12-14)26-17-9-7-16(8-10-17)13-23-21(25)19-11-6-15(2)24-20(19)22/h3-12H,13H2,1-2H3,(H2,22,24)(H,23,25). The van der Waals surface area contributed by atoms with Gasteiger partial charge in [-0.3, -0.25) is 4.79 Å². The molecule has 5 heteroatoms. The van der Waals surface area contributed by atoms with E-state index < -0.39 is 0 Å². The van der Waals surface area contributed by atoms with Crippen LogP contribution < -0.4 is 15.8 Å². The fourth-order valence-electron chi connectivity index (χ4n) is 2.54. The predicted molar refractivity (Wildman–Crippen MR) is 102 cm³/mol. The number of nitrogens with zero attached hydrogens (tertiary/aromatic N) is 1. The molecule has 3 aromatic rings. The third kappa shape index (κ3) is 4.39. The number of nitrogens with two attached hydrogens (primary N) is 1. The number of aromatic nitrogens is 1. The number of nitrogen functional groups attached to an aromatic ring is 1. The van der Waals surface area contributed by atoms with Crippen molar-refractivity contribution in [3.63, 3.8) is 0 Å². The second-order valence-electron chi connectivity index (χ2n) is 6.13. The van der Waals surface area contributed by atoms with Crippen LogP contribution in [-0.4, -0.2) is 10.9 Å². The van der Waals surface area contributed by atoms with Crippen LogP contribution >= 0.6 is 0 Å². The molecular weight excluding hydrogens is 326 g/mol. The van der Waals surface area contributed by atoms with Crippen LogP contribution in [0.5, 0.6) is 11.5 Å². The molecule has 0 radical (unpaired) electrons. The lowest BCUT2D eigenvalue weighted by atomic mass is 10.2. The van der Waals surface area contributed by atoms with Crippen LogP contribution in [0, 0.1) is 13.8 Å². The number of amides is 1. The van der Waals surface area contributed by atoms with Crippen LogP contribution in [0.3, 0.4) is 0 Å². The first-order chi connectivity index (χ1) is 12.5. The molecule has 5 nitrogen and oxygen atoms in total. The topological polar surface area (TPSA) is 77.2 Å². The van der Waals surface area contributed by atoms with Gasteiger partial charge in [0, 0.05) is 12.2 Å². The van der Waals surface area contributed by atoms with E-state index in [1.165, 1.54) is 0 Å². The molecule has 0 aliphatic heterocycles. The van der Waals surface area contributed by atoms with Gasteiger partial charge in [-0.25, -0.2) is 4.98 Å². The fraction of sp³-hybridized carbons (Fsp3) is 0.143. The highest BCUT2D eigenvalue weighted by Crippen LogP contribution is 2.22. The van der Waals surface area contributed by atoms with Crippen molar-refractivity contribution in [2.75, 3.05) is 5.73 Å². The molecule has 0 saturated heterocycles. The van der Waals surface area contributed by atoms with Crippen molar-refractivity contribution < 1.29 is 9.53 Å². The molecule has 0 atom stereocenters. The average Bonchev–Trinajstić information content (AvgIpc) is 2.61. The third-order valence-electron chi connectivity index (χ3n) is 3.91. The zero-order valence-corrected chi connectivity index (χ0v) is 14.8. The van der Waals surface area contributed by atoms with Crippen LogP contribution in [0.1, 0.15) is 27.2 Å². The van der Waals surface area contributed by atoms with Crippen molar-refractivity contribution in [2.24, 2.45) is 0 Å². The summed E-state index contributed by atoms with van der Waals surface area (Å²) in [5.41, 5.74) is 9.08. The van der Waals surface area contributed by atoms with Crippen molar-refractivity contribution in [3.8, 4) is 11.5 Å². The minimum atomic E-state index is -0.241. The Bertz CT molecular complexity index is 921. The van der Waals surface area contributed by atoms with Gasteiger partial charge >= 0.3 is 0 Å². The number of hydrogen-bond acceptors (Lipinski definition) is 4. The summed E-state index contributed by atoms with van der Waals surface area (Å²) in [4.78, 5) is 16.3. The first-order valence-corrected chi connectivity index (χ1v) is 8.36. The number of ether oxygens (including phenoxy) is 1.